The molecule has 2 atom stereocenters. The van der Waals surface area contributed by atoms with Crippen molar-refractivity contribution in [1.29, 1.82) is 0 Å². The predicted octanol–water partition coefficient (Wildman–Crippen LogP) is -0.531. The summed E-state index contributed by atoms with van der Waals surface area (Å²) in [7, 11) is 8.37. The Hall–Kier alpha value is -6.09. The van der Waals surface area contributed by atoms with Crippen LogP contribution in [0.1, 0.15) is 22.8 Å². The lowest BCUT2D eigenvalue weighted by atomic mass is 10.00. The lowest BCUT2D eigenvalue weighted by Crippen LogP contribution is -3.00. The SMILES string of the molecule is C[n+]1ccccc1/C1=c2\cc/c([nH]2)=C(\c2cccc[n+]2C)C2=N/C(=C(/c3cccc[n+]3C)C3C=CC(N3)/C(c3cccc[n+]3C)=C3/C=CC1=N3)C=C2.[Cl-]. The third kappa shape index (κ3) is 5.96. The van der Waals surface area contributed by atoms with Crippen LogP contribution in [-0.2, 0) is 28.2 Å². The van der Waals surface area contributed by atoms with E-state index >= 15 is 0 Å². The Bertz CT molecular complexity index is 2490. The largest absolute Gasteiger partial charge is 1.00 e. The Morgan fingerprint density at radius 3 is 1.23 bits per heavy atom. The molecular weight excluding hydrogens is 676 g/mol. The molecule has 9 rings (SSSR count). The van der Waals surface area contributed by atoms with E-state index in [1.165, 1.54) is 0 Å². The molecule has 0 saturated heterocycles. The van der Waals surface area contributed by atoms with Crippen LogP contribution in [0, 0.1) is 0 Å². The van der Waals surface area contributed by atoms with E-state index in [4.69, 9.17) is 9.98 Å². The zero-order chi connectivity index (χ0) is 35.3. The monoisotopic (exact) mass is 715 g/mol. The zero-order valence-corrected chi connectivity index (χ0v) is 30.8. The number of nitrogens with one attached hydrogen (secondary N) is 2. The minimum Gasteiger partial charge on any atom is -1.00 e. The van der Waals surface area contributed by atoms with Gasteiger partial charge in [0.2, 0.25) is 22.8 Å². The topological polar surface area (TPSA) is 68.1 Å². The smallest absolute Gasteiger partial charge is 0.216 e. The van der Waals surface area contributed by atoms with Crippen LogP contribution in [-0.4, -0.2) is 28.5 Å². The Morgan fingerprint density at radius 1 is 0.472 bits per heavy atom. The van der Waals surface area contributed by atoms with Gasteiger partial charge in [-0.25, -0.2) is 28.3 Å². The molecule has 5 aromatic heterocycles. The molecule has 0 amide bonds. The van der Waals surface area contributed by atoms with Crippen LogP contribution in [0.25, 0.3) is 22.3 Å². The van der Waals surface area contributed by atoms with Crippen molar-refractivity contribution in [3.8, 4) is 0 Å². The summed E-state index contributed by atoms with van der Waals surface area (Å²) in [5.41, 5.74) is 12.2. The number of hydrogen-bond donors (Lipinski definition) is 2. The van der Waals surface area contributed by atoms with Gasteiger partial charge in [0.25, 0.3) is 0 Å². The van der Waals surface area contributed by atoms with Gasteiger partial charge < -0.3 is 17.4 Å². The van der Waals surface area contributed by atoms with E-state index in [0.717, 1.165) is 78.6 Å². The van der Waals surface area contributed by atoms with Crippen LogP contribution >= 0.6 is 0 Å². The molecule has 4 aliphatic heterocycles. The molecular formula is C44H40ClN8+3. The Balaban J connectivity index is 0.00000400. The number of pyridine rings is 4. The van der Waals surface area contributed by atoms with Gasteiger partial charge in [-0.3, -0.25) is 5.32 Å². The second kappa shape index (κ2) is 13.8. The average molecular weight is 716 g/mol. The molecule has 0 aliphatic carbocycles. The van der Waals surface area contributed by atoms with E-state index in [1.54, 1.807) is 0 Å². The maximum atomic E-state index is 5.45. The number of aliphatic imine (C=N–C) groups is 2. The molecule has 2 N–H and O–H groups in total. The zero-order valence-electron chi connectivity index (χ0n) is 30.1. The number of aromatic nitrogens is 5. The highest BCUT2D eigenvalue weighted by Crippen LogP contribution is 2.34. The van der Waals surface area contributed by atoms with E-state index < -0.39 is 0 Å². The average Bonchev–Trinajstić information content (AvgIpc) is 3.99. The molecule has 0 spiro atoms. The van der Waals surface area contributed by atoms with Crippen molar-refractivity contribution >= 4 is 33.7 Å². The van der Waals surface area contributed by atoms with E-state index in [1.807, 2.05) is 0 Å². The third-order valence-corrected chi connectivity index (χ3v) is 10.3. The Morgan fingerprint density at radius 2 is 0.849 bits per heavy atom. The number of allylic oxidation sites excluding steroid dienone is 4. The third-order valence-electron chi connectivity index (χ3n) is 10.3. The van der Waals surface area contributed by atoms with Crippen LogP contribution < -0.4 is 46.7 Å². The second-order valence-corrected chi connectivity index (χ2v) is 13.6. The summed E-state index contributed by atoms with van der Waals surface area (Å²) in [4.78, 5) is 14.8. The first-order valence-corrected chi connectivity index (χ1v) is 17.7. The van der Waals surface area contributed by atoms with Gasteiger partial charge in [0.05, 0.1) is 67.9 Å². The fourth-order valence-electron chi connectivity index (χ4n) is 7.76. The standard InChI is InChI=1S/C44H39N8.ClH/c1-49-25-9-5-13-37(49)41-29-17-19-31(45-29)42(38-14-6-10-26-50(38)2)33-21-23-35(47-33)44(40-16-8-12-28-52(40)4)36-24-22-34(48-36)43(32-20-18-30(41)46-32)39-15-7-11-27-51(39)3;/h5-29,31,45H,1-4H3;1H/q+3;. The fraction of sp³-hybridized carbons (Fsp3) is 0.136. The fourth-order valence-corrected chi connectivity index (χ4v) is 7.76. The quantitative estimate of drug-likeness (QED) is 0.191. The van der Waals surface area contributed by atoms with Crippen LogP contribution in [0.4, 0.5) is 0 Å². The molecule has 260 valence electrons. The molecule has 0 aromatic carbocycles. The van der Waals surface area contributed by atoms with E-state index in [0.29, 0.717) is 0 Å². The van der Waals surface area contributed by atoms with Crippen LogP contribution in [0.15, 0.2) is 168 Å². The number of aryl methyl sites for hydroxylation is 4. The van der Waals surface area contributed by atoms with Crippen molar-refractivity contribution in [1.82, 2.24) is 10.3 Å². The number of fused-ring (bicyclic) bond motifs is 6. The molecule has 53 heavy (non-hydrogen) atoms. The van der Waals surface area contributed by atoms with Gasteiger partial charge >= 0.3 is 0 Å². The first-order valence-electron chi connectivity index (χ1n) is 17.7. The molecule has 9 heterocycles. The highest BCUT2D eigenvalue weighted by atomic mass is 35.5. The van der Waals surface area contributed by atoms with Crippen molar-refractivity contribution in [2.75, 3.05) is 0 Å². The maximum absolute atomic E-state index is 5.45. The minimum atomic E-state index is -0.105. The van der Waals surface area contributed by atoms with E-state index in [9.17, 15) is 0 Å². The summed E-state index contributed by atoms with van der Waals surface area (Å²) >= 11 is 0. The van der Waals surface area contributed by atoms with E-state index in [2.05, 4.69) is 203 Å². The van der Waals surface area contributed by atoms with Gasteiger partial charge in [-0.1, -0.05) is 12.2 Å². The van der Waals surface area contributed by atoms with Gasteiger partial charge in [-0.15, -0.1) is 0 Å². The van der Waals surface area contributed by atoms with Crippen molar-refractivity contribution < 1.29 is 30.7 Å². The number of hydrogen-bond acceptors (Lipinski definition) is 3. The maximum Gasteiger partial charge on any atom is 0.216 e. The van der Waals surface area contributed by atoms with E-state index in [-0.39, 0.29) is 24.5 Å². The number of nitrogens with zero attached hydrogens (tertiary/aromatic N) is 6. The molecule has 4 aliphatic rings. The summed E-state index contributed by atoms with van der Waals surface area (Å²) in [6, 6.07) is 29.4. The normalized spacial score (nSPS) is 23.6. The summed E-state index contributed by atoms with van der Waals surface area (Å²) < 4.78 is 8.67. The number of aromatic amines is 1. The molecule has 0 radical (unpaired) electrons. The van der Waals surface area contributed by atoms with Gasteiger partial charge in [0.15, 0.2) is 24.8 Å². The molecule has 9 heteroatoms. The van der Waals surface area contributed by atoms with Gasteiger partial charge in [-0.05, 0) is 60.7 Å². The van der Waals surface area contributed by atoms with Crippen LogP contribution in [0.3, 0.4) is 0 Å². The van der Waals surface area contributed by atoms with Crippen LogP contribution in [0.5, 0.6) is 0 Å². The van der Waals surface area contributed by atoms with Gasteiger partial charge in [0.1, 0.15) is 28.2 Å². The number of halogens is 1. The summed E-state index contributed by atoms with van der Waals surface area (Å²) in [6.45, 7) is 0. The highest BCUT2D eigenvalue weighted by molar-refractivity contribution is 6.30. The Labute approximate surface area is 315 Å². The van der Waals surface area contributed by atoms with Gasteiger partial charge in [0, 0.05) is 48.5 Å². The second-order valence-electron chi connectivity index (χ2n) is 13.6. The van der Waals surface area contributed by atoms with Crippen molar-refractivity contribution in [3.63, 3.8) is 0 Å². The highest BCUT2D eigenvalue weighted by Gasteiger charge is 2.36. The number of rotatable bonds is 4. The lowest BCUT2D eigenvalue weighted by molar-refractivity contribution is -0.674. The first-order chi connectivity index (χ1) is 25.4. The summed E-state index contributed by atoms with van der Waals surface area (Å²) in [5.74, 6) is 0. The molecule has 8 bridgehead atoms. The molecule has 0 saturated carbocycles. The number of H-pyrrole nitrogens is 1. The van der Waals surface area contributed by atoms with Crippen molar-refractivity contribution in [3.05, 3.63) is 191 Å². The molecule has 8 nitrogen and oxygen atoms in total. The van der Waals surface area contributed by atoms with Crippen molar-refractivity contribution in [2.45, 2.75) is 12.1 Å². The molecule has 5 aromatic rings. The predicted molar refractivity (Wildman–Crippen MR) is 202 cm³/mol. The first kappa shape index (κ1) is 34.0. The summed E-state index contributed by atoms with van der Waals surface area (Å²) in [6.07, 6.45) is 21.6. The molecule has 0 fully saturated rings. The Kier molecular flexibility index (Phi) is 8.86. The molecule has 2 unspecified atom stereocenters. The van der Waals surface area contributed by atoms with Crippen molar-refractivity contribution in [2.24, 2.45) is 38.2 Å². The minimum absolute atomic E-state index is 0. The van der Waals surface area contributed by atoms with Gasteiger partial charge in [-0.2, -0.15) is 0 Å². The van der Waals surface area contributed by atoms with Crippen LogP contribution in [0.2, 0.25) is 0 Å². The summed E-state index contributed by atoms with van der Waals surface area (Å²) in [5, 5.41) is 5.96. The lowest BCUT2D eigenvalue weighted by Gasteiger charge is -2.20.